The highest BCUT2D eigenvalue weighted by atomic mass is 32.1. The van der Waals surface area contributed by atoms with Gasteiger partial charge < -0.3 is 0 Å². The van der Waals surface area contributed by atoms with Crippen molar-refractivity contribution in [1.82, 2.24) is 4.68 Å². The van der Waals surface area contributed by atoms with E-state index < -0.39 is 0 Å². The van der Waals surface area contributed by atoms with Gasteiger partial charge in [-0.15, -0.1) is 11.3 Å². The van der Waals surface area contributed by atoms with Crippen molar-refractivity contribution in [2.45, 2.75) is 6.92 Å². The minimum atomic E-state index is 0.637. The molecular formula is C23H18N4S. The summed E-state index contributed by atoms with van der Waals surface area (Å²) in [5.74, 6) is 0. The first-order chi connectivity index (χ1) is 13.8. The Bertz CT molecular complexity index is 1250. The molecule has 0 radical (unpaired) electrons. The van der Waals surface area contributed by atoms with Gasteiger partial charge in [-0.25, -0.2) is 4.68 Å². The van der Waals surface area contributed by atoms with E-state index in [9.17, 15) is 0 Å². The van der Waals surface area contributed by atoms with E-state index in [0.29, 0.717) is 12.1 Å². The van der Waals surface area contributed by atoms with E-state index in [1.807, 2.05) is 23.7 Å². The number of benzene rings is 3. The third kappa shape index (κ3) is 3.51. The third-order valence-corrected chi connectivity index (χ3v) is 5.26. The van der Waals surface area contributed by atoms with Crippen LogP contribution in [0.25, 0.3) is 22.0 Å². The third-order valence-electron chi connectivity index (χ3n) is 4.41. The zero-order valence-electron chi connectivity index (χ0n) is 15.4. The zero-order valence-corrected chi connectivity index (χ0v) is 16.2. The Morgan fingerprint density at radius 2 is 1.82 bits per heavy atom. The summed E-state index contributed by atoms with van der Waals surface area (Å²) in [7, 11) is 0. The highest BCUT2D eigenvalue weighted by Crippen LogP contribution is 2.28. The lowest BCUT2D eigenvalue weighted by Crippen LogP contribution is -2.12. The summed E-state index contributed by atoms with van der Waals surface area (Å²) >= 11 is 1.58. The monoisotopic (exact) mass is 382 g/mol. The molecule has 4 rings (SSSR count). The van der Waals surface area contributed by atoms with E-state index in [4.69, 9.17) is 10.4 Å². The van der Waals surface area contributed by atoms with Crippen molar-refractivity contribution < 1.29 is 0 Å². The Morgan fingerprint density at radius 1 is 1.04 bits per heavy atom. The first-order valence-corrected chi connectivity index (χ1v) is 9.92. The molecule has 4 aromatic rings. The molecule has 1 aromatic heterocycles. The van der Waals surface area contributed by atoms with Crippen LogP contribution >= 0.6 is 11.3 Å². The van der Waals surface area contributed by atoms with Crippen LogP contribution in [0.15, 0.2) is 82.2 Å². The number of nitriles is 1. The summed E-state index contributed by atoms with van der Waals surface area (Å²) in [6.45, 7) is 2.72. The molecule has 0 saturated carbocycles. The van der Waals surface area contributed by atoms with E-state index >= 15 is 0 Å². The number of nitrogens with zero attached hydrogens (tertiary/aromatic N) is 4. The number of rotatable bonds is 4. The Labute approximate surface area is 167 Å². The van der Waals surface area contributed by atoms with Crippen LogP contribution in [-0.4, -0.2) is 17.4 Å². The van der Waals surface area contributed by atoms with Crippen LogP contribution in [-0.2, 0) is 0 Å². The SMILES string of the molecule is CCN=c1scc(-c2cccc3ccccc23)n1N=Cc1ccc(C#N)cc1. The highest BCUT2D eigenvalue weighted by molar-refractivity contribution is 7.07. The number of thiazole rings is 1. The maximum atomic E-state index is 8.95. The van der Waals surface area contributed by atoms with Crippen LogP contribution in [0, 0.1) is 11.3 Å². The molecule has 3 aromatic carbocycles. The minimum Gasteiger partial charge on any atom is -0.258 e. The van der Waals surface area contributed by atoms with Crippen LogP contribution in [0.4, 0.5) is 0 Å². The Hall–Kier alpha value is -3.49. The summed E-state index contributed by atoms with van der Waals surface area (Å²) in [5.41, 5.74) is 3.71. The second kappa shape index (κ2) is 8.03. The number of hydrogen-bond acceptors (Lipinski definition) is 4. The Kier molecular flexibility index (Phi) is 5.14. The lowest BCUT2D eigenvalue weighted by Gasteiger charge is -2.07. The van der Waals surface area contributed by atoms with Crippen molar-refractivity contribution in [1.29, 1.82) is 5.26 Å². The number of fused-ring (bicyclic) bond motifs is 1. The fourth-order valence-electron chi connectivity index (χ4n) is 3.06. The summed E-state index contributed by atoms with van der Waals surface area (Å²) in [6, 6.07) is 24.2. The van der Waals surface area contributed by atoms with Crippen LogP contribution in [0.3, 0.4) is 0 Å². The van der Waals surface area contributed by atoms with Gasteiger partial charge in [0.05, 0.1) is 23.5 Å². The highest BCUT2D eigenvalue weighted by Gasteiger charge is 2.10. The molecule has 1 heterocycles. The van der Waals surface area contributed by atoms with Gasteiger partial charge in [-0.3, -0.25) is 4.99 Å². The molecule has 0 saturated heterocycles. The van der Waals surface area contributed by atoms with Gasteiger partial charge in [0.2, 0.25) is 4.80 Å². The van der Waals surface area contributed by atoms with Gasteiger partial charge in [-0.1, -0.05) is 54.6 Å². The van der Waals surface area contributed by atoms with Gasteiger partial charge in [-0.2, -0.15) is 10.4 Å². The average molecular weight is 382 g/mol. The molecule has 0 amide bonds. The smallest absolute Gasteiger partial charge is 0.206 e. The van der Waals surface area contributed by atoms with Crippen molar-refractivity contribution >= 4 is 28.3 Å². The molecule has 0 N–H and O–H groups in total. The molecule has 0 atom stereocenters. The van der Waals surface area contributed by atoms with Crippen molar-refractivity contribution in [2.75, 3.05) is 6.54 Å². The van der Waals surface area contributed by atoms with Crippen LogP contribution in [0.5, 0.6) is 0 Å². The van der Waals surface area contributed by atoms with E-state index in [1.54, 1.807) is 29.7 Å². The van der Waals surface area contributed by atoms with Crippen molar-refractivity contribution in [2.24, 2.45) is 10.1 Å². The van der Waals surface area contributed by atoms with Gasteiger partial charge in [0.1, 0.15) is 0 Å². The molecule has 136 valence electrons. The fraction of sp³-hybridized carbons (Fsp3) is 0.0870. The van der Waals surface area contributed by atoms with Gasteiger partial charge in [-0.05, 0) is 35.4 Å². The molecule has 0 aliphatic carbocycles. The average Bonchev–Trinajstić information content (AvgIpc) is 3.15. The first-order valence-electron chi connectivity index (χ1n) is 9.04. The zero-order chi connectivity index (χ0) is 19.3. The summed E-state index contributed by atoms with van der Waals surface area (Å²) in [4.78, 5) is 5.45. The lowest BCUT2D eigenvalue weighted by atomic mass is 10.0. The fourth-order valence-corrected chi connectivity index (χ4v) is 3.95. The van der Waals surface area contributed by atoms with Crippen molar-refractivity contribution in [3.63, 3.8) is 0 Å². The molecule has 28 heavy (non-hydrogen) atoms. The largest absolute Gasteiger partial charge is 0.258 e. The quantitative estimate of drug-likeness (QED) is 0.456. The minimum absolute atomic E-state index is 0.637. The van der Waals surface area contributed by atoms with Crippen molar-refractivity contribution in [3.05, 3.63) is 88.0 Å². The topological polar surface area (TPSA) is 53.4 Å². The van der Waals surface area contributed by atoms with Gasteiger partial charge in [0, 0.05) is 17.5 Å². The normalized spacial score (nSPS) is 11.9. The summed E-state index contributed by atoms with van der Waals surface area (Å²) < 4.78 is 1.90. The van der Waals surface area contributed by atoms with E-state index in [-0.39, 0.29) is 0 Å². The predicted molar refractivity (Wildman–Crippen MR) is 116 cm³/mol. The molecule has 0 aliphatic rings. The number of hydrogen-bond donors (Lipinski definition) is 0. The van der Waals surface area contributed by atoms with Crippen LogP contribution < -0.4 is 4.80 Å². The maximum absolute atomic E-state index is 8.95. The molecular weight excluding hydrogens is 364 g/mol. The maximum Gasteiger partial charge on any atom is 0.206 e. The number of aromatic nitrogens is 1. The first kappa shape index (κ1) is 17.9. The molecule has 5 heteroatoms. The molecule has 0 unspecified atom stereocenters. The summed E-state index contributed by atoms with van der Waals surface area (Å²) in [6.07, 6.45) is 1.80. The summed E-state index contributed by atoms with van der Waals surface area (Å²) in [5, 5.41) is 18.2. The second-order valence-electron chi connectivity index (χ2n) is 6.19. The second-order valence-corrected chi connectivity index (χ2v) is 7.03. The standard InChI is InChI=1S/C23H18N4S/c1-2-25-23-27(26-15-18-12-10-17(14-24)11-13-18)22(16-28-23)21-9-5-7-19-6-3-4-8-20(19)21/h3-13,15-16H,2H2,1H3. The van der Waals surface area contributed by atoms with Gasteiger partial charge >= 0.3 is 0 Å². The molecule has 0 bridgehead atoms. The lowest BCUT2D eigenvalue weighted by molar-refractivity contribution is 0.834. The predicted octanol–water partition coefficient (Wildman–Crippen LogP) is 5.04. The van der Waals surface area contributed by atoms with Crippen LogP contribution in [0.2, 0.25) is 0 Å². The van der Waals surface area contributed by atoms with Crippen LogP contribution in [0.1, 0.15) is 18.1 Å². The van der Waals surface area contributed by atoms with E-state index in [1.165, 1.54) is 10.8 Å². The Morgan fingerprint density at radius 3 is 2.61 bits per heavy atom. The van der Waals surface area contributed by atoms with Gasteiger partial charge in [0.25, 0.3) is 0 Å². The van der Waals surface area contributed by atoms with E-state index in [2.05, 4.69) is 58.9 Å². The van der Waals surface area contributed by atoms with Crippen molar-refractivity contribution in [3.8, 4) is 17.3 Å². The Balaban J connectivity index is 1.84. The van der Waals surface area contributed by atoms with Gasteiger partial charge in [0.15, 0.2) is 0 Å². The molecule has 0 fully saturated rings. The molecule has 0 aliphatic heterocycles. The molecule has 0 spiro atoms. The van der Waals surface area contributed by atoms with E-state index in [0.717, 1.165) is 21.6 Å². The molecule has 4 nitrogen and oxygen atoms in total.